The van der Waals surface area contributed by atoms with Crippen LogP contribution in [0.25, 0.3) is 0 Å². The van der Waals surface area contributed by atoms with E-state index in [1.165, 1.54) is 9.75 Å². The summed E-state index contributed by atoms with van der Waals surface area (Å²) in [5.74, 6) is 0. The summed E-state index contributed by atoms with van der Waals surface area (Å²) in [6.07, 6.45) is 1.59. The number of nitrogens with zero attached hydrogens (tertiary/aromatic N) is 1. The Hall–Kier alpha value is -0.420. The minimum absolute atomic E-state index is 0.228. The molecule has 0 spiro atoms. The highest BCUT2D eigenvalue weighted by molar-refractivity contribution is 7.11. The van der Waals surface area contributed by atoms with Crippen molar-refractivity contribution < 1.29 is 9.84 Å². The van der Waals surface area contributed by atoms with Gasteiger partial charge in [0.25, 0.3) is 0 Å². The molecule has 0 aliphatic heterocycles. The van der Waals surface area contributed by atoms with Crippen LogP contribution in [-0.2, 0) is 11.3 Å². The molecular weight excluding hydrogens is 246 g/mol. The second-order valence-electron chi connectivity index (χ2n) is 4.66. The van der Waals surface area contributed by atoms with Crippen molar-refractivity contribution >= 4 is 11.3 Å². The first-order chi connectivity index (χ1) is 8.65. The van der Waals surface area contributed by atoms with Gasteiger partial charge in [-0.1, -0.05) is 6.92 Å². The number of ether oxygens (including phenoxy) is 1. The van der Waals surface area contributed by atoms with Crippen molar-refractivity contribution in [3.05, 3.63) is 21.9 Å². The lowest BCUT2D eigenvalue weighted by Gasteiger charge is -2.24. The van der Waals surface area contributed by atoms with Crippen molar-refractivity contribution in [2.24, 2.45) is 0 Å². The standard InChI is InChI=1S/C14H25NO2S/c1-4-13(16)10-15(8-5-9-17-3)11-14-7-6-12(2)18-14/h6-7,13,16H,4-5,8-11H2,1-3H3/t13-/m1/s1. The minimum Gasteiger partial charge on any atom is -0.392 e. The minimum atomic E-state index is -0.228. The Morgan fingerprint density at radius 2 is 2.22 bits per heavy atom. The Bertz CT molecular complexity index is 327. The molecule has 18 heavy (non-hydrogen) atoms. The van der Waals surface area contributed by atoms with Crippen LogP contribution in [0.5, 0.6) is 0 Å². The topological polar surface area (TPSA) is 32.7 Å². The summed E-state index contributed by atoms with van der Waals surface area (Å²) in [5, 5.41) is 9.80. The summed E-state index contributed by atoms with van der Waals surface area (Å²) in [4.78, 5) is 5.03. The van der Waals surface area contributed by atoms with Crippen LogP contribution in [0, 0.1) is 6.92 Å². The maximum absolute atomic E-state index is 9.80. The number of thiophene rings is 1. The smallest absolute Gasteiger partial charge is 0.0664 e. The highest BCUT2D eigenvalue weighted by Gasteiger charge is 2.11. The predicted octanol–water partition coefficient (Wildman–Crippen LogP) is 2.67. The Morgan fingerprint density at radius 1 is 1.44 bits per heavy atom. The molecular formula is C14H25NO2S. The van der Waals surface area contributed by atoms with E-state index in [2.05, 4.69) is 24.0 Å². The molecule has 1 atom stereocenters. The predicted molar refractivity (Wildman–Crippen MR) is 77.1 cm³/mol. The molecule has 0 aliphatic carbocycles. The van der Waals surface area contributed by atoms with E-state index >= 15 is 0 Å². The van der Waals surface area contributed by atoms with Crippen molar-refractivity contribution in [1.29, 1.82) is 0 Å². The van der Waals surface area contributed by atoms with Crippen LogP contribution in [0.3, 0.4) is 0 Å². The zero-order chi connectivity index (χ0) is 13.4. The number of methoxy groups -OCH3 is 1. The van der Waals surface area contributed by atoms with E-state index < -0.39 is 0 Å². The van der Waals surface area contributed by atoms with E-state index in [0.29, 0.717) is 0 Å². The maximum Gasteiger partial charge on any atom is 0.0664 e. The summed E-state index contributed by atoms with van der Waals surface area (Å²) >= 11 is 1.84. The summed E-state index contributed by atoms with van der Waals surface area (Å²) in [7, 11) is 1.73. The number of rotatable bonds is 9. The van der Waals surface area contributed by atoms with E-state index in [9.17, 15) is 5.11 Å². The van der Waals surface area contributed by atoms with E-state index in [1.807, 2.05) is 18.3 Å². The van der Waals surface area contributed by atoms with Crippen LogP contribution >= 0.6 is 11.3 Å². The molecule has 0 saturated heterocycles. The van der Waals surface area contributed by atoms with E-state index in [4.69, 9.17) is 4.74 Å². The van der Waals surface area contributed by atoms with Crippen LogP contribution < -0.4 is 0 Å². The fourth-order valence-corrected chi connectivity index (χ4v) is 2.82. The van der Waals surface area contributed by atoms with Crippen LogP contribution in [-0.4, -0.2) is 42.9 Å². The van der Waals surface area contributed by atoms with E-state index in [0.717, 1.165) is 39.1 Å². The van der Waals surface area contributed by atoms with Gasteiger partial charge in [-0.05, 0) is 31.9 Å². The Morgan fingerprint density at radius 3 is 2.78 bits per heavy atom. The Kier molecular flexibility index (Phi) is 7.51. The number of hydrogen-bond donors (Lipinski definition) is 1. The zero-order valence-electron chi connectivity index (χ0n) is 11.7. The molecule has 0 aromatic carbocycles. The normalized spacial score (nSPS) is 13.2. The van der Waals surface area contributed by atoms with Crippen molar-refractivity contribution in [3.8, 4) is 0 Å². The third kappa shape index (κ3) is 5.96. The van der Waals surface area contributed by atoms with Gasteiger partial charge in [0.1, 0.15) is 0 Å². The second kappa shape index (κ2) is 8.64. The SMILES string of the molecule is CC[C@@H](O)CN(CCCOC)Cc1ccc(C)s1. The van der Waals surface area contributed by atoms with Crippen molar-refractivity contribution in [1.82, 2.24) is 4.90 Å². The lowest BCUT2D eigenvalue weighted by atomic mass is 10.2. The van der Waals surface area contributed by atoms with Gasteiger partial charge in [-0.2, -0.15) is 0 Å². The van der Waals surface area contributed by atoms with Crippen molar-refractivity contribution in [2.45, 2.75) is 39.3 Å². The van der Waals surface area contributed by atoms with Crippen molar-refractivity contribution in [2.75, 3.05) is 26.8 Å². The molecule has 3 nitrogen and oxygen atoms in total. The lowest BCUT2D eigenvalue weighted by molar-refractivity contribution is 0.0973. The molecule has 1 aromatic heterocycles. The largest absolute Gasteiger partial charge is 0.392 e. The quantitative estimate of drug-likeness (QED) is 0.701. The van der Waals surface area contributed by atoms with Crippen LogP contribution in [0.4, 0.5) is 0 Å². The molecule has 1 N–H and O–H groups in total. The van der Waals surface area contributed by atoms with Crippen LogP contribution in [0.1, 0.15) is 29.5 Å². The average molecular weight is 271 g/mol. The third-order valence-corrected chi connectivity index (χ3v) is 3.92. The Labute approximate surface area is 114 Å². The third-order valence-electron chi connectivity index (χ3n) is 2.94. The first-order valence-corrected chi connectivity index (χ1v) is 7.42. The number of aliphatic hydroxyl groups is 1. The van der Waals surface area contributed by atoms with Crippen LogP contribution in [0.15, 0.2) is 12.1 Å². The van der Waals surface area contributed by atoms with Crippen LogP contribution in [0.2, 0.25) is 0 Å². The molecule has 0 unspecified atom stereocenters. The average Bonchev–Trinajstić information content (AvgIpc) is 2.74. The molecule has 1 rings (SSSR count). The highest BCUT2D eigenvalue weighted by Crippen LogP contribution is 2.17. The zero-order valence-corrected chi connectivity index (χ0v) is 12.5. The fraction of sp³-hybridized carbons (Fsp3) is 0.714. The van der Waals surface area contributed by atoms with E-state index in [-0.39, 0.29) is 6.10 Å². The van der Waals surface area contributed by atoms with Gasteiger partial charge in [0.15, 0.2) is 0 Å². The first kappa shape index (κ1) is 15.6. The molecule has 0 amide bonds. The summed E-state index contributed by atoms with van der Waals surface area (Å²) in [6, 6.07) is 4.34. The molecule has 0 bridgehead atoms. The second-order valence-corrected chi connectivity index (χ2v) is 6.03. The number of hydrogen-bond acceptors (Lipinski definition) is 4. The van der Waals surface area contributed by atoms with Gasteiger partial charge in [0.2, 0.25) is 0 Å². The molecule has 1 aromatic rings. The molecule has 0 aliphatic rings. The maximum atomic E-state index is 9.80. The van der Waals surface area contributed by atoms with E-state index in [1.54, 1.807) is 7.11 Å². The summed E-state index contributed by atoms with van der Waals surface area (Å²) < 4.78 is 5.09. The number of aliphatic hydroxyl groups excluding tert-OH is 1. The molecule has 104 valence electrons. The highest BCUT2D eigenvalue weighted by atomic mass is 32.1. The molecule has 0 radical (unpaired) electrons. The van der Waals surface area contributed by atoms with Gasteiger partial charge in [-0.15, -0.1) is 11.3 Å². The van der Waals surface area contributed by atoms with Gasteiger partial charge in [-0.25, -0.2) is 0 Å². The van der Waals surface area contributed by atoms with Crippen molar-refractivity contribution in [3.63, 3.8) is 0 Å². The molecule has 1 heterocycles. The van der Waals surface area contributed by atoms with Gasteiger partial charge >= 0.3 is 0 Å². The summed E-state index contributed by atoms with van der Waals surface area (Å²) in [6.45, 7) is 7.58. The van der Waals surface area contributed by atoms with Gasteiger partial charge in [0.05, 0.1) is 6.10 Å². The molecule has 4 heteroatoms. The van der Waals surface area contributed by atoms with Gasteiger partial charge in [0, 0.05) is 43.1 Å². The van der Waals surface area contributed by atoms with Gasteiger partial charge in [-0.3, -0.25) is 4.90 Å². The monoisotopic (exact) mass is 271 g/mol. The lowest BCUT2D eigenvalue weighted by Crippen LogP contribution is -2.32. The molecule has 0 saturated carbocycles. The fourth-order valence-electron chi connectivity index (χ4n) is 1.89. The summed E-state index contributed by atoms with van der Waals surface area (Å²) in [5.41, 5.74) is 0. The molecule has 0 fully saturated rings. The first-order valence-electron chi connectivity index (χ1n) is 6.60. The van der Waals surface area contributed by atoms with Gasteiger partial charge < -0.3 is 9.84 Å². The Balaban J connectivity index is 2.47. The number of aryl methyl sites for hydroxylation is 1.